The zero-order chi connectivity index (χ0) is 14.5. The summed E-state index contributed by atoms with van der Waals surface area (Å²) in [5.41, 5.74) is 7.44. The summed E-state index contributed by atoms with van der Waals surface area (Å²) in [6, 6.07) is 12.3. The molecule has 0 aliphatic carbocycles. The Bertz CT molecular complexity index is 629. The number of hydrogen-bond acceptors (Lipinski definition) is 3. The highest BCUT2D eigenvalue weighted by Gasteiger charge is 2.09. The molecular weight excluding hydrogens is 276 g/mol. The molecule has 0 atom stereocenters. The number of amides is 1. The summed E-state index contributed by atoms with van der Waals surface area (Å²) >= 11 is 5.90. The number of halogens is 1. The van der Waals surface area contributed by atoms with Gasteiger partial charge in [-0.1, -0.05) is 29.8 Å². The van der Waals surface area contributed by atoms with Crippen molar-refractivity contribution in [1.29, 1.82) is 0 Å². The van der Waals surface area contributed by atoms with Crippen LogP contribution in [0.2, 0.25) is 5.02 Å². The lowest BCUT2D eigenvalue weighted by Crippen LogP contribution is -2.23. The van der Waals surface area contributed by atoms with Crippen LogP contribution in [0.1, 0.15) is 15.9 Å². The Morgan fingerprint density at radius 2 is 2.05 bits per heavy atom. The summed E-state index contributed by atoms with van der Waals surface area (Å²) in [7, 11) is 1.60. The number of rotatable bonds is 4. The second kappa shape index (κ2) is 6.30. The van der Waals surface area contributed by atoms with Gasteiger partial charge in [-0.2, -0.15) is 0 Å². The van der Waals surface area contributed by atoms with Gasteiger partial charge in [0.25, 0.3) is 5.91 Å². The molecule has 20 heavy (non-hydrogen) atoms. The minimum atomic E-state index is -0.210. The van der Waals surface area contributed by atoms with E-state index in [1.54, 1.807) is 25.3 Å². The van der Waals surface area contributed by atoms with Crippen LogP contribution >= 0.6 is 11.6 Å². The van der Waals surface area contributed by atoms with Gasteiger partial charge in [-0.3, -0.25) is 4.79 Å². The van der Waals surface area contributed by atoms with E-state index in [9.17, 15) is 4.79 Å². The fourth-order valence-corrected chi connectivity index (χ4v) is 1.98. The maximum atomic E-state index is 12.0. The third-order valence-electron chi connectivity index (χ3n) is 2.89. The molecule has 2 aromatic carbocycles. The fraction of sp³-hybridized carbons (Fsp3) is 0.133. The number of carbonyl (C=O) groups excluding carboxylic acids is 1. The Morgan fingerprint density at radius 3 is 2.75 bits per heavy atom. The topological polar surface area (TPSA) is 64.3 Å². The summed E-state index contributed by atoms with van der Waals surface area (Å²) in [5, 5.41) is 3.19. The van der Waals surface area contributed by atoms with Crippen molar-refractivity contribution in [2.75, 3.05) is 12.8 Å². The van der Waals surface area contributed by atoms with Crippen molar-refractivity contribution < 1.29 is 9.53 Å². The summed E-state index contributed by atoms with van der Waals surface area (Å²) in [6.45, 7) is 0.380. The van der Waals surface area contributed by atoms with E-state index in [0.29, 0.717) is 22.8 Å². The van der Waals surface area contributed by atoms with Crippen molar-refractivity contribution in [2.24, 2.45) is 0 Å². The number of ether oxygens (including phenoxy) is 1. The van der Waals surface area contributed by atoms with Gasteiger partial charge in [0.2, 0.25) is 0 Å². The Balaban J connectivity index is 2.06. The SMILES string of the molecule is COc1ccccc1CNC(=O)c1ccc(N)c(Cl)c1. The van der Waals surface area contributed by atoms with Crippen molar-refractivity contribution >= 4 is 23.2 Å². The van der Waals surface area contributed by atoms with E-state index in [-0.39, 0.29) is 5.91 Å². The normalized spacial score (nSPS) is 10.1. The van der Waals surface area contributed by atoms with Crippen LogP contribution in [0.4, 0.5) is 5.69 Å². The zero-order valence-electron chi connectivity index (χ0n) is 11.0. The van der Waals surface area contributed by atoms with Crippen LogP contribution in [0, 0.1) is 0 Å². The first-order valence-electron chi connectivity index (χ1n) is 6.07. The summed E-state index contributed by atoms with van der Waals surface area (Å²) < 4.78 is 5.23. The summed E-state index contributed by atoms with van der Waals surface area (Å²) in [4.78, 5) is 12.0. The third-order valence-corrected chi connectivity index (χ3v) is 3.22. The van der Waals surface area contributed by atoms with Gasteiger partial charge in [0.15, 0.2) is 0 Å². The Labute approximate surface area is 122 Å². The summed E-state index contributed by atoms with van der Waals surface area (Å²) in [6.07, 6.45) is 0. The molecule has 0 aliphatic heterocycles. The van der Waals surface area contributed by atoms with E-state index < -0.39 is 0 Å². The Morgan fingerprint density at radius 1 is 1.30 bits per heavy atom. The van der Waals surface area contributed by atoms with Crippen molar-refractivity contribution in [3.8, 4) is 5.75 Å². The molecule has 1 amide bonds. The first-order chi connectivity index (χ1) is 9.61. The van der Waals surface area contributed by atoms with Crippen LogP contribution in [0.15, 0.2) is 42.5 Å². The van der Waals surface area contributed by atoms with E-state index in [1.165, 1.54) is 0 Å². The van der Waals surface area contributed by atoms with E-state index in [0.717, 1.165) is 11.3 Å². The molecule has 0 radical (unpaired) electrons. The Kier molecular flexibility index (Phi) is 4.48. The molecular formula is C15H15ClN2O2. The van der Waals surface area contributed by atoms with Gasteiger partial charge in [0.05, 0.1) is 17.8 Å². The minimum absolute atomic E-state index is 0.210. The van der Waals surface area contributed by atoms with E-state index in [4.69, 9.17) is 22.1 Å². The molecule has 2 aromatic rings. The van der Waals surface area contributed by atoms with Gasteiger partial charge in [0, 0.05) is 17.7 Å². The number of nitrogens with two attached hydrogens (primary N) is 1. The van der Waals surface area contributed by atoms with Gasteiger partial charge in [-0.25, -0.2) is 0 Å². The van der Waals surface area contributed by atoms with Crippen molar-refractivity contribution in [1.82, 2.24) is 5.32 Å². The molecule has 104 valence electrons. The molecule has 0 fully saturated rings. The highest BCUT2D eigenvalue weighted by Crippen LogP contribution is 2.20. The number of nitrogen functional groups attached to an aromatic ring is 1. The van der Waals surface area contributed by atoms with Gasteiger partial charge in [-0.05, 0) is 24.3 Å². The molecule has 0 saturated heterocycles. The monoisotopic (exact) mass is 290 g/mol. The average molecular weight is 291 g/mol. The minimum Gasteiger partial charge on any atom is -0.496 e. The molecule has 0 aliphatic rings. The first-order valence-corrected chi connectivity index (χ1v) is 6.44. The van der Waals surface area contributed by atoms with Crippen molar-refractivity contribution in [2.45, 2.75) is 6.54 Å². The Hall–Kier alpha value is -2.20. The lowest BCUT2D eigenvalue weighted by atomic mass is 10.1. The number of nitrogens with one attached hydrogen (secondary N) is 1. The standard InChI is InChI=1S/C15H15ClN2O2/c1-20-14-5-3-2-4-11(14)9-18-15(19)10-6-7-13(17)12(16)8-10/h2-8H,9,17H2,1H3,(H,18,19). The molecule has 0 bridgehead atoms. The van der Waals surface area contributed by atoms with Crippen LogP contribution in [0.3, 0.4) is 0 Å². The highest BCUT2D eigenvalue weighted by molar-refractivity contribution is 6.33. The van der Waals surface area contributed by atoms with Gasteiger partial charge in [0.1, 0.15) is 5.75 Å². The second-order valence-corrected chi connectivity index (χ2v) is 4.64. The number of benzene rings is 2. The first kappa shape index (κ1) is 14.2. The van der Waals surface area contributed by atoms with Gasteiger partial charge >= 0.3 is 0 Å². The molecule has 0 aromatic heterocycles. The van der Waals surface area contributed by atoms with Crippen LogP contribution in [0.5, 0.6) is 5.75 Å². The molecule has 4 nitrogen and oxygen atoms in total. The van der Waals surface area contributed by atoms with Crippen molar-refractivity contribution in [3.05, 3.63) is 58.6 Å². The molecule has 0 saturated carbocycles. The smallest absolute Gasteiger partial charge is 0.251 e. The van der Waals surface area contributed by atoms with Crippen LogP contribution in [-0.2, 0) is 6.54 Å². The molecule has 0 heterocycles. The van der Waals surface area contributed by atoms with Gasteiger partial charge in [-0.15, -0.1) is 0 Å². The second-order valence-electron chi connectivity index (χ2n) is 4.23. The maximum Gasteiger partial charge on any atom is 0.251 e. The van der Waals surface area contributed by atoms with E-state index in [1.807, 2.05) is 24.3 Å². The lowest BCUT2D eigenvalue weighted by Gasteiger charge is -2.10. The van der Waals surface area contributed by atoms with Crippen molar-refractivity contribution in [3.63, 3.8) is 0 Å². The third kappa shape index (κ3) is 3.22. The maximum absolute atomic E-state index is 12.0. The fourth-order valence-electron chi connectivity index (χ4n) is 1.79. The molecule has 0 unspecified atom stereocenters. The predicted molar refractivity (Wildman–Crippen MR) is 80.0 cm³/mol. The van der Waals surface area contributed by atoms with E-state index in [2.05, 4.69) is 5.32 Å². The molecule has 5 heteroatoms. The molecule has 0 spiro atoms. The van der Waals surface area contributed by atoms with E-state index >= 15 is 0 Å². The average Bonchev–Trinajstić information content (AvgIpc) is 2.47. The lowest BCUT2D eigenvalue weighted by molar-refractivity contribution is 0.0950. The number of anilines is 1. The quantitative estimate of drug-likeness (QED) is 0.851. The van der Waals surface area contributed by atoms with Crippen LogP contribution in [0.25, 0.3) is 0 Å². The number of carbonyl (C=O) groups is 1. The highest BCUT2D eigenvalue weighted by atomic mass is 35.5. The number of hydrogen-bond donors (Lipinski definition) is 2. The molecule has 2 rings (SSSR count). The van der Waals surface area contributed by atoms with Crippen LogP contribution in [-0.4, -0.2) is 13.0 Å². The number of para-hydroxylation sites is 1. The predicted octanol–water partition coefficient (Wildman–Crippen LogP) is 2.86. The van der Waals surface area contributed by atoms with Gasteiger partial charge < -0.3 is 15.8 Å². The largest absolute Gasteiger partial charge is 0.496 e. The zero-order valence-corrected chi connectivity index (χ0v) is 11.8. The van der Waals surface area contributed by atoms with Crippen LogP contribution < -0.4 is 15.8 Å². The summed E-state index contributed by atoms with van der Waals surface area (Å²) in [5.74, 6) is 0.529. The molecule has 3 N–H and O–H groups in total. The number of methoxy groups -OCH3 is 1.